The zero-order valence-corrected chi connectivity index (χ0v) is 17.3. The molecule has 0 N–H and O–H groups in total. The molecule has 28 heavy (non-hydrogen) atoms. The summed E-state index contributed by atoms with van der Waals surface area (Å²) in [6.07, 6.45) is 3.48. The van der Waals surface area contributed by atoms with Crippen LogP contribution in [-0.4, -0.2) is 40.4 Å². The van der Waals surface area contributed by atoms with E-state index in [2.05, 4.69) is 16.0 Å². The molecule has 0 saturated heterocycles. The van der Waals surface area contributed by atoms with Crippen LogP contribution in [0.4, 0.5) is 0 Å². The second-order valence-corrected chi connectivity index (χ2v) is 8.20. The van der Waals surface area contributed by atoms with Crippen molar-refractivity contribution in [2.75, 3.05) is 19.6 Å². The number of aromatic nitrogens is 3. The number of ether oxygens (including phenoxy) is 2. The Labute approximate surface area is 167 Å². The van der Waals surface area contributed by atoms with E-state index in [4.69, 9.17) is 30.1 Å². The monoisotopic (exact) mass is 426 g/mol. The van der Waals surface area contributed by atoms with E-state index in [-0.39, 0.29) is 24.7 Å². The second kappa shape index (κ2) is 8.70. The zero-order chi connectivity index (χ0) is 20.3. The molecule has 0 amide bonds. The Kier molecular flexibility index (Phi) is 6.50. The molecule has 1 aliphatic heterocycles. The molecular weight excluding hydrogens is 407 g/mol. The fourth-order valence-electron chi connectivity index (χ4n) is 2.82. The Hall–Kier alpha value is -1.79. The number of rotatable bonds is 8. The predicted molar refractivity (Wildman–Crippen MR) is 102 cm³/mol. The molecule has 11 heteroatoms. The van der Waals surface area contributed by atoms with Gasteiger partial charge in [0.2, 0.25) is 0 Å². The lowest BCUT2D eigenvalue weighted by molar-refractivity contribution is -0.126. The molecule has 0 bridgehead atoms. The second-order valence-electron chi connectivity index (χ2n) is 5.84. The highest BCUT2D eigenvalue weighted by atomic mass is 35.5. The van der Waals surface area contributed by atoms with Gasteiger partial charge in [-0.25, -0.2) is 9.97 Å². The standard InChI is InChI=1S/C17H20ClN4O5P/c1-4-25-28(23,26-5-2)10-24-14-7-6-13(27-14)22-9-12(8-19)15-16(18)20-11(3)21-17(15)22/h6-7,9,13-14H,4-5,10H2,1-3H3/t13-,14+/m1/s1. The lowest BCUT2D eigenvalue weighted by Gasteiger charge is -2.20. The third-order valence-corrected chi connectivity index (χ3v) is 5.93. The minimum absolute atomic E-state index is 0.210. The van der Waals surface area contributed by atoms with E-state index in [9.17, 15) is 9.83 Å². The van der Waals surface area contributed by atoms with Gasteiger partial charge in [-0.15, -0.1) is 0 Å². The molecule has 3 rings (SSSR count). The molecule has 9 nitrogen and oxygen atoms in total. The number of fused-ring (bicyclic) bond motifs is 1. The lowest BCUT2D eigenvalue weighted by Crippen LogP contribution is -2.17. The van der Waals surface area contributed by atoms with Crippen LogP contribution < -0.4 is 0 Å². The summed E-state index contributed by atoms with van der Waals surface area (Å²) in [7, 11) is -3.34. The molecule has 0 unspecified atom stereocenters. The van der Waals surface area contributed by atoms with Crippen LogP contribution in [0.1, 0.15) is 31.5 Å². The normalized spacial score (nSPS) is 19.4. The van der Waals surface area contributed by atoms with Crippen molar-refractivity contribution < 1.29 is 23.1 Å². The van der Waals surface area contributed by atoms with Crippen molar-refractivity contribution in [1.82, 2.24) is 14.5 Å². The molecule has 3 heterocycles. The molecule has 0 aliphatic carbocycles. The van der Waals surface area contributed by atoms with Crippen molar-refractivity contribution in [2.24, 2.45) is 0 Å². The van der Waals surface area contributed by atoms with Crippen molar-refractivity contribution in [2.45, 2.75) is 33.3 Å². The summed E-state index contributed by atoms with van der Waals surface area (Å²) < 4.78 is 36.0. The summed E-state index contributed by atoms with van der Waals surface area (Å²) in [5.41, 5.74) is 0.831. The smallest absolute Gasteiger partial charge is 0.336 e. The molecule has 0 aromatic carbocycles. The van der Waals surface area contributed by atoms with Crippen LogP contribution >= 0.6 is 19.2 Å². The number of nitriles is 1. The maximum Gasteiger partial charge on any atom is 0.356 e. The first-order valence-corrected chi connectivity index (χ1v) is 10.8. The minimum Gasteiger partial charge on any atom is -0.336 e. The Morgan fingerprint density at radius 3 is 2.68 bits per heavy atom. The molecule has 0 spiro atoms. The number of aryl methyl sites for hydroxylation is 1. The van der Waals surface area contributed by atoms with E-state index in [0.717, 1.165) is 0 Å². The van der Waals surface area contributed by atoms with Crippen LogP contribution in [0.3, 0.4) is 0 Å². The summed E-state index contributed by atoms with van der Waals surface area (Å²) in [4.78, 5) is 8.49. The number of halogens is 1. The van der Waals surface area contributed by atoms with Gasteiger partial charge in [-0.05, 0) is 32.9 Å². The molecule has 2 aromatic rings. The summed E-state index contributed by atoms with van der Waals surface area (Å²) in [5.74, 6) is 0.477. The summed E-state index contributed by atoms with van der Waals surface area (Å²) in [6.45, 7) is 5.66. The maximum absolute atomic E-state index is 12.5. The summed E-state index contributed by atoms with van der Waals surface area (Å²) in [5, 5.41) is 10.1. The lowest BCUT2D eigenvalue weighted by atomic mass is 10.3. The summed E-state index contributed by atoms with van der Waals surface area (Å²) in [6, 6.07) is 2.09. The van der Waals surface area contributed by atoms with Gasteiger partial charge in [-0.3, -0.25) is 4.57 Å². The molecule has 1 aliphatic rings. The van der Waals surface area contributed by atoms with Gasteiger partial charge in [0.15, 0.2) is 18.9 Å². The molecule has 2 aromatic heterocycles. The van der Waals surface area contributed by atoms with Crippen LogP contribution in [0.2, 0.25) is 5.15 Å². The molecular formula is C17H20ClN4O5P. The predicted octanol–water partition coefficient (Wildman–Crippen LogP) is 3.92. The van der Waals surface area contributed by atoms with E-state index in [1.165, 1.54) is 0 Å². The van der Waals surface area contributed by atoms with E-state index < -0.39 is 20.1 Å². The average molecular weight is 427 g/mol. The SMILES string of the molecule is CCOP(=O)(CO[C@@H]1C=C[C@H](n2cc(C#N)c3c(Cl)nc(C)nc32)O1)OCC. The maximum atomic E-state index is 12.5. The van der Waals surface area contributed by atoms with Crippen molar-refractivity contribution in [1.29, 1.82) is 5.26 Å². The van der Waals surface area contributed by atoms with Gasteiger partial charge >= 0.3 is 7.60 Å². The zero-order valence-electron chi connectivity index (χ0n) is 15.7. The molecule has 0 saturated carbocycles. The molecule has 0 fully saturated rings. The van der Waals surface area contributed by atoms with Crippen LogP contribution in [-0.2, 0) is 23.1 Å². The Bertz CT molecular complexity index is 976. The van der Waals surface area contributed by atoms with Crippen LogP contribution in [0.5, 0.6) is 0 Å². The van der Waals surface area contributed by atoms with Crippen LogP contribution in [0.25, 0.3) is 11.0 Å². The largest absolute Gasteiger partial charge is 0.356 e. The van der Waals surface area contributed by atoms with E-state index in [0.29, 0.717) is 22.4 Å². The highest BCUT2D eigenvalue weighted by Crippen LogP contribution is 2.48. The minimum atomic E-state index is -3.34. The number of hydrogen-bond donors (Lipinski definition) is 0. The van der Waals surface area contributed by atoms with Gasteiger partial charge in [0.1, 0.15) is 22.7 Å². The van der Waals surface area contributed by atoms with Crippen LogP contribution in [0, 0.1) is 18.3 Å². The van der Waals surface area contributed by atoms with Crippen molar-refractivity contribution in [3.63, 3.8) is 0 Å². The van der Waals surface area contributed by atoms with E-state index >= 15 is 0 Å². The quantitative estimate of drug-likeness (QED) is 0.355. The highest BCUT2D eigenvalue weighted by Gasteiger charge is 2.29. The third kappa shape index (κ3) is 4.28. The molecule has 150 valence electrons. The van der Waals surface area contributed by atoms with E-state index in [1.54, 1.807) is 43.7 Å². The molecule has 0 radical (unpaired) electrons. The number of hydrogen-bond acceptors (Lipinski definition) is 8. The topological polar surface area (TPSA) is 108 Å². The number of nitrogens with zero attached hydrogens (tertiary/aromatic N) is 4. The van der Waals surface area contributed by atoms with Gasteiger partial charge in [-0.1, -0.05) is 11.6 Å². The fourth-order valence-corrected chi connectivity index (χ4v) is 4.47. The van der Waals surface area contributed by atoms with Gasteiger partial charge in [0.05, 0.1) is 24.2 Å². The van der Waals surface area contributed by atoms with Gasteiger partial charge < -0.3 is 23.1 Å². The Balaban J connectivity index is 1.77. The van der Waals surface area contributed by atoms with Gasteiger partial charge in [0, 0.05) is 6.20 Å². The van der Waals surface area contributed by atoms with Crippen molar-refractivity contribution in [3.05, 3.63) is 34.9 Å². The van der Waals surface area contributed by atoms with Gasteiger partial charge in [0.25, 0.3) is 0 Å². The van der Waals surface area contributed by atoms with Crippen molar-refractivity contribution in [3.8, 4) is 6.07 Å². The van der Waals surface area contributed by atoms with Crippen molar-refractivity contribution >= 4 is 30.2 Å². The Morgan fingerprint density at radius 1 is 1.32 bits per heavy atom. The van der Waals surface area contributed by atoms with E-state index in [1.807, 2.05) is 0 Å². The Morgan fingerprint density at radius 2 is 2.04 bits per heavy atom. The highest BCUT2D eigenvalue weighted by molar-refractivity contribution is 7.53. The average Bonchev–Trinajstić information content (AvgIpc) is 3.24. The first-order chi connectivity index (χ1) is 13.4. The van der Waals surface area contributed by atoms with Gasteiger partial charge in [-0.2, -0.15) is 5.26 Å². The summed E-state index contributed by atoms with van der Waals surface area (Å²) >= 11 is 6.20. The first-order valence-electron chi connectivity index (χ1n) is 8.69. The fraction of sp³-hybridized carbons (Fsp3) is 0.471. The molecule has 2 atom stereocenters. The third-order valence-electron chi connectivity index (χ3n) is 3.89. The first kappa shape index (κ1) is 20.9. The van der Waals surface area contributed by atoms with Crippen LogP contribution in [0.15, 0.2) is 18.3 Å².